The summed E-state index contributed by atoms with van der Waals surface area (Å²) in [6, 6.07) is 7.17. The van der Waals surface area contributed by atoms with E-state index in [1.807, 2.05) is 6.07 Å². The van der Waals surface area contributed by atoms with Gasteiger partial charge in [-0.3, -0.25) is 14.5 Å². The Hall–Kier alpha value is -2.25. The number of hydrogen-bond acceptors (Lipinski definition) is 5. The number of fused-ring (bicyclic) bond motifs is 1. The van der Waals surface area contributed by atoms with Crippen LogP contribution in [0.2, 0.25) is 0 Å². The molecular weight excluding hydrogens is 284 g/mol. The van der Waals surface area contributed by atoms with Crippen LogP contribution in [-0.4, -0.2) is 54.6 Å². The van der Waals surface area contributed by atoms with Gasteiger partial charge in [0.15, 0.2) is 0 Å². The molecule has 118 valence electrons. The van der Waals surface area contributed by atoms with Gasteiger partial charge in [0.2, 0.25) is 5.91 Å². The lowest BCUT2D eigenvalue weighted by molar-refractivity contribution is -0.122. The highest BCUT2D eigenvalue weighted by molar-refractivity contribution is 5.78. The van der Waals surface area contributed by atoms with Crippen LogP contribution in [0, 0.1) is 0 Å². The highest BCUT2D eigenvalue weighted by Gasteiger charge is 2.09. The van der Waals surface area contributed by atoms with Crippen molar-refractivity contribution in [2.75, 3.05) is 33.9 Å². The first kappa shape index (κ1) is 16.1. The summed E-state index contributed by atoms with van der Waals surface area (Å²) in [5, 5.41) is 3.30. The molecule has 2 aromatic rings. The molecule has 0 bridgehead atoms. The molecule has 1 heterocycles. The van der Waals surface area contributed by atoms with Gasteiger partial charge in [0, 0.05) is 13.7 Å². The highest BCUT2D eigenvalue weighted by atomic mass is 16.5. The second-order valence-electron chi connectivity index (χ2n) is 5.04. The summed E-state index contributed by atoms with van der Waals surface area (Å²) in [5.41, 5.74) is 0.484. The number of carbonyl (C=O) groups excluding carboxylic acids is 1. The zero-order valence-electron chi connectivity index (χ0n) is 12.8. The molecule has 0 aliphatic rings. The van der Waals surface area contributed by atoms with Crippen LogP contribution in [0.3, 0.4) is 0 Å². The van der Waals surface area contributed by atoms with Gasteiger partial charge in [0.25, 0.3) is 5.56 Å². The Morgan fingerprint density at radius 1 is 1.41 bits per heavy atom. The molecule has 0 atom stereocenters. The van der Waals surface area contributed by atoms with Gasteiger partial charge >= 0.3 is 0 Å². The average Bonchev–Trinajstić information content (AvgIpc) is 2.47. The molecule has 1 aromatic heterocycles. The van der Waals surface area contributed by atoms with Gasteiger partial charge < -0.3 is 15.0 Å². The lowest BCUT2D eigenvalue weighted by Crippen LogP contribution is -2.36. The summed E-state index contributed by atoms with van der Waals surface area (Å²) in [5.74, 6) is 0.443. The van der Waals surface area contributed by atoms with Crippen molar-refractivity contribution in [3.8, 4) is 0 Å². The number of benzene rings is 1. The number of nitrogens with one attached hydrogen (secondary N) is 2. The van der Waals surface area contributed by atoms with Crippen LogP contribution in [0.4, 0.5) is 0 Å². The molecule has 0 fully saturated rings. The van der Waals surface area contributed by atoms with E-state index >= 15 is 0 Å². The third-order valence-corrected chi connectivity index (χ3v) is 3.12. The first-order valence-electron chi connectivity index (χ1n) is 7.02. The summed E-state index contributed by atoms with van der Waals surface area (Å²) in [6.07, 6.45) is 0. The highest BCUT2D eigenvalue weighted by Crippen LogP contribution is 2.06. The van der Waals surface area contributed by atoms with E-state index in [9.17, 15) is 9.59 Å². The Balaban J connectivity index is 1.98. The Kier molecular flexibility index (Phi) is 5.62. The van der Waals surface area contributed by atoms with E-state index in [-0.39, 0.29) is 18.0 Å². The van der Waals surface area contributed by atoms with Crippen molar-refractivity contribution in [2.24, 2.45) is 0 Å². The van der Waals surface area contributed by atoms with Crippen LogP contribution in [-0.2, 0) is 16.1 Å². The van der Waals surface area contributed by atoms with Crippen LogP contribution in [0.15, 0.2) is 29.1 Å². The SMILES string of the molecule is COCCNC(=O)CN(C)Cc1nc2ccccc2c(=O)[nH]1. The number of aromatic amines is 1. The Bertz CT molecular complexity index is 698. The molecule has 7 nitrogen and oxygen atoms in total. The Morgan fingerprint density at radius 2 is 2.18 bits per heavy atom. The molecule has 0 unspecified atom stereocenters. The maximum Gasteiger partial charge on any atom is 0.258 e. The van der Waals surface area contributed by atoms with Crippen molar-refractivity contribution in [2.45, 2.75) is 6.54 Å². The minimum Gasteiger partial charge on any atom is -0.383 e. The molecule has 2 N–H and O–H groups in total. The summed E-state index contributed by atoms with van der Waals surface area (Å²) < 4.78 is 4.87. The van der Waals surface area contributed by atoms with Crippen LogP contribution >= 0.6 is 0 Å². The fraction of sp³-hybridized carbons (Fsp3) is 0.400. The molecular formula is C15H20N4O3. The number of ether oxygens (including phenoxy) is 1. The normalized spacial score (nSPS) is 11.0. The second kappa shape index (κ2) is 7.67. The average molecular weight is 304 g/mol. The Morgan fingerprint density at radius 3 is 2.95 bits per heavy atom. The monoisotopic (exact) mass is 304 g/mol. The topological polar surface area (TPSA) is 87.3 Å². The van der Waals surface area contributed by atoms with Gasteiger partial charge in [-0.2, -0.15) is 0 Å². The van der Waals surface area contributed by atoms with Crippen molar-refractivity contribution in [1.82, 2.24) is 20.2 Å². The van der Waals surface area contributed by atoms with Crippen molar-refractivity contribution in [3.05, 3.63) is 40.4 Å². The predicted octanol–water partition coefficient (Wildman–Crippen LogP) is 0.118. The second-order valence-corrected chi connectivity index (χ2v) is 5.04. The van der Waals surface area contributed by atoms with E-state index in [1.54, 1.807) is 37.3 Å². The van der Waals surface area contributed by atoms with Crippen molar-refractivity contribution in [1.29, 1.82) is 0 Å². The number of rotatable bonds is 7. The molecule has 0 spiro atoms. The maximum atomic E-state index is 12.0. The van der Waals surface area contributed by atoms with Crippen LogP contribution < -0.4 is 10.9 Å². The van der Waals surface area contributed by atoms with Gasteiger partial charge in [0.05, 0.1) is 30.6 Å². The predicted molar refractivity (Wildman–Crippen MR) is 83.6 cm³/mol. The van der Waals surface area contributed by atoms with E-state index in [0.29, 0.717) is 36.4 Å². The molecule has 0 saturated heterocycles. The zero-order chi connectivity index (χ0) is 15.9. The van der Waals surface area contributed by atoms with Gasteiger partial charge in [0.1, 0.15) is 5.82 Å². The molecule has 0 saturated carbocycles. The van der Waals surface area contributed by atoms with Crippen molar-refractivity contribution >= 4 is 16.8 Å². The minimum atomic E-state index is -0.168. The van der Waals surface area contributed by atoms with Gasteiger partial charge in [-0.15, -0.1) is 0 Å². The molecule has 7 heteroatoms. The fourth-order valence-electron chi connectivity index (χ4n) is 2.11. The quantitative estimate of drug-likeness (QED) is 0.709. The van der Waals surface area contributed by atoms with E-state index in [1.165, 1.54) is 0 Å². The van der Waals surface area contributed by atoms with Crippen LogP contribution in [0.25, 0.3) is 10.9 Å². The van der Waals surface area contributed by atoms with Crippen molar-refractivity contribution < 1.29 is 9.53 Å². The lowest BCUT2D eigenvalue weighted by atomic mass is 10.2. The van der Waals surface area contributed by atoms with Crippen molar-refractivity contribution in [3.63, 3.8) is 0 Å². The summed E-state index contributed by atoms with van der Waals surface area (Å²) in [7, 11) is 3.38. The molecule has 0 aliphatic carbocycles. The number of likely N-dealkylation sites (N-methyl/N-ethyl adjacent to an activating group) is 1. The maximum absolute atomic E-state index is 12.0. The van der Waals surface area contributed by atoms with E-state index in [4.69, 9.17) is 4.74 Å². The van der Waals surface area contributed by atoms with Gasteiger partial charge in [-0.25, -0.2) is 4.98 Å². The third-order valence-electron chi connectivity index (χ3n) is 3.12. The van der Waals surface area contributed by atoms with E-state index < -0.39 is 0 Å². The third kappa shape index (κ3) is 4.37. The number of H-pyrrole nitrogens is 1. The fourth-order valence-corrected chi connectivity index (χ4v) is 2.11. The smallest absolute Gasteiger partial charge is 0.258 e. The number of hydrogen-bond donors (Lipinski definition) is 2. The number of para-hydroxylation sites is 1. The summed E-state index contributed by atoms with van der Waals surface area (Å²) in [6.45, 7) is 1.57. The minimum absolute atomic E-state index is 0.0947. The summed E-state index contributed by atoms with van der Waals surface area (Å²) in [4.78, 5) is 32.6. The van der Waals surface area contributed by atoms with Crippen LogP contribution in [0.1, 0.15) is 5.82 Å². The number of nitrogens with zero attached hydrogens (tertiary/aromatic N) is 2. The van der Waals surface area contributed by atoms with Crippen LogP contribution in [0.5, 0.6) is 0 Å². The summed E-state index contributed by atoms with van der Waals surface area (Å²) >= 11 is 0. The first-order valence-corrected chi connectivity index (χ1v) is 7.02. The van der Waals surface area contributed by atoms with Gasteiger partial charge in [-0.05, 0) is 19.2 Å². The number of methoxy groups -OCH3 is 1. The first-order chi connectivity index (χ1) is 10.6. The standard InChI is InChI=1S/C15H20N4O3/c1-19(10-14(20)16-7-8-22-2)9-13-17-12-6-4-3-5-11(12)15(21)18-13/h3-6H,7-10H2,1-2H3,(H,16,20)(H,17,18,21). The molecule has 22 heavy (non-hydrogen) atoms. The molecule has 2 rings (SSSR count). The molecule has 1 amide bonds. The zero-order valence-corrected chi connectivity index (χ0v) is 12.8. The lowest BCUT2D eigenvalue weighted by Gasteiger charge is -2.15. The largest absolute Gasteiger partial charge is 0.383 e. The molecule has 1 aromatic carbocycles. The molecule has 0 radical (unpaired) electrons. The van der Waals surface area contributed by atoms with Gasteiger partial charge in [-0.1, -0.05) is 12.1 Å². The Labute approximate surface area is 128 Å². The number of aromatic nitrogens is 2. The number of amides is 1. The molecule has 0 aliphatic heterocycles. The van der Waals surface area contributed by atoms with E-state index in [2.05, 4.69) is 15.3 Å². The van der Waals surface area contributed by atoms with E-state index in [0.717, 1.165) is 0 Å². The number of carbonyl (C=O) groups is 1.